The molecule has 44 heavy (non-hydrogen) atoms. The highest BCUT2D eigenvalue weighted by Crippen LogP contribution is 2.40. The molecule has 3 aromatic rings. The van der Waals surface area contributed by atoms with Crippen molar-refractivity contribution in [1.82, 2.24) is 0 Å². The average Bonchev–Trinajstić information content (AvgIpc) is 3.04. The summed E-state index contributed by atoms with van der Waals surface area (Å²) in [6.07, 6.45) is 20.6. The molecule has 0 radical (unpaired) electrons. The highest BCUT2D eigenvalue weighted by atomic mass is 19.2. The molecule has 3 aromatic carbocycles. The van der Waals surface area contributed by atoms with E-state index in [1.54, 1.807) is 42.5 Å². The summed E-state index contributed by atoms with van der Waals surface area (Å²) in [5, 5.41) is 0. The molecule has 0 unspecified atom stereocenters. The predicted molar refractivity (Wildman–Crippen MR) is 174 cm³/mol. The molecule has 0 bridgehead atoms. The van der Waals surface area contributed by atoms with Crippen LogP contribution in [0.4, 0.5) is 17.6 Å². The SMILES string of the molecule is CCC/C=C\Oc1ccc(-c2ccc(-c3ccc(C4CCC(CCCCCCCCCC)CC4)c(F)c3F)cc2)c(F)c1F. The molecular formula is C39H48F4O. The molecule has 1 saturated carbocycles. The minimum atomic E-state index is -1.07. The first-order chi connectivity index (χ1) is 21.4. The molecule has 0 heterocycles. The normalized spacial score (nSPS) is 17.0. The lowest BCUT2D eigenvalue weighted by Crippen LogP contribution is -2.15. The van der Waals surface area contributed by atoms with Crippen molar-refractivity contribution in [2.45, 2.75) is 116 Å². The largest absolute Gasteiger partial charge is 0.462 e. The third kappa shape index (κ3) is 8.99. The van der Waals surface area contributed by atoms with Crippen LogP contribution in [-0.4, -0.2) is 0 Å². The first kappa shape index (κ1) is 33.8. The van der Waals surface area contributed by atoms with Crippen molar-refractivity contribution in [3.63, 3.8) is 0 Å². The van der Waals surface area contributed by atoms with Crippen LogP contribution in [0.25, 0.3) is 22.3 Å². The molecule has 238 valence electrons. The first-order valence-corrected chi connectivity index (χ1v) is 16.8. The number of benzene rings is 3. The highest BCUT2D eigenvalue weighted by molar-refractivity contribution is 5.72. The second kappa shape index (κ2) is 17.4. The zero-order valence-electron chi connectivity index (χ0n) is 26.5. The van der Waals surface area contributed by atoms with E-state index in [4.69, 9.17) is 4.74 Å². The minimum Gasteiger partial charge on any atom is -0.462 e. The van der Waals surface area contributed by atoms with Gasteiger partial charge in [-0.25, -0.2) is 13.2 Å². The van der Waals surface area contributed by atoms with Gasteiger partial charge >= 0.3 is 0 Å². The van der Waals surface area contributed by atoms with E-state index in [1.807, 2.05) is 6.92 Å². The van der Waals surface area contributed by atoms with E-state index in [9.17, 15) is 8.78 Å². The maximum absolute atomic E-state index is 15.4. The number of halogens is 4. The van der Waals surface area contributed by atoms with Crippen molar-refractivity contribution in [2.75, 3.05) is 0 Å². The van der Waals surface area contributed by atoms with Gasteiger partial charge in [0.15, 0.2) is 23.2 Å². The number of ether oxygens (including phenoxy) is 1. The standard InChI is InChI=1S/C39H48F4O/c1-3-5-7-8-9-10-11-12-14-28-15-17-29(18-16-28)32-23-24-33(37(41)36(32)40)30-19-21-31(22-20-30)34-25-26-35(39(43)38(34)42)44-27-13-6-4-2/h13,19-29H,3-12,14-18H2,1-2H3/b27-13-. The Kier molecular flexibility index (Phi) is 13.4. The molecule has 0 N–H and O–H groups in total. The molecule has 0 aromatic heterocycles. The van der Waals surface area contributed by atoms with E-state index >= 15 is 8.78 Å². The number of hydrogen-bond acceptors (Lipinski definition) is 1. The van der Waals surface area contributed by atoms with E-state index in [2.05, 4.69) is 6.92 Å². The molecular weight excluding hydrogens is 560 g/mol. The molecule has 1 aliphatic carbocycles. The molecule has 1 nitrogen and oxygen atoms in total. The summed E-state index contributed by atoms with van der Waals surface area (Å²) in [6.45, 7) is 4.26. The van der Waals surface area contributed by atoms with Crippen LogP contribution in [-0.2, 0) is 0 Å². The molecule has 1 fully saturated rings. The van der Waals surface area contributed by atoms with Crippen molar-refractivity contribution in [3.8, 4) is 28.0 Å². The fourth-order valence-corrected chi connectivity index (χ4v) is 6.46. The van der Waals surface area contributed by atoms with Gasteiger partial charge in [0.25, 0.3) is 0 Å². The monoisotopic (exact) mass is 608 g/mol. The van der Waals surface area contributed by atoms with Crippen molar-refractivity contribution in [3.05, 3.63) is 89.7 Å². The van der Waals surface area contributed by atoms with Crippen LogP contribution >= 0.6 is 0 Å². The molecule has 5 heteroatoms. The molecule has 1 aliphatic rings. The Labute approximate surface area is 261 Å². The van der Waals surface area contributed by atoms with E-state index in [0.29, 0.717) is 22.6 Å². The predicted octanol–water partition coefficient (Wildman–Crippen LogP) is 13.1. The number of rotatable bonds is 16. The Morgan fingerprint density at radius 1 is 0.614 bits per heavy atom. The van der Waals surface area contributed by atoms with Gasteiger partial charge in [0.05, 0.1) is 6.26 Å². The summed E-state index contributed by atoms with van der Waals surface area (Å²) in [4.78, 5) is 0. The van der Waals surface area contributed by atoms with Gasteiger partial charge in [0, 0.05) is 11.1 Å². The van der Waals surface area contributed by atoms with E-state index in [-0.39, 0.29) is 22.8 Å². The van der Waals surface area contributed by atoms with E-state index < -0.39 is 23.3 Å². The molecule has 0 amide bonds. The van der Waals surface area contributed by atoms with Crippen LogP contribution in [0.2, 0.25) is 0 Å². The zero-order chi connectivity index (χ0) is 31.3. The number of hydrogen-bond donors (Lipinski definition) is 0. The third-order valence-corrected chi connectivity index (χ3v) is 9.17. The summed E-state index contributed by atoms with van der Waals surface area (Å²) in [6, 6.07) is 12.6. The summed E-state index contributed by atoms with van der Waals surface area (Å²) in [5.41, 5.74) is 1.61. The summed E-state index contributed by atoms with van der Waals surface area (Å²) in [7, 11) is 0. The Morgan fingerprint density at radius 3 is 1.80 bits per heavy atom. The van der Waals surface area contributed by atoms with Gasteiger partial charge in [-0.1, -0.05) is 114 Å². The summed E-state index contributed by atoms with van der Waals surface area (Å²) < 4.78 is 65.4. The van der Waals surface area contributed by atoms with Gasteiger partial charge in [-0.15, -0.1) is 0 Å². The van der Waals surface area contributed by atoms with Crippen LogP contribution in [0, 0.1) is 29.2 Å². The zero-order valence-corrected chi connectivity index (χ0v) is 26.5. The molecule has 0 aliphatic heterocycles. The quantitative estimate of drug-likeness (QED) is 0.0893. The fraction of sp³-hybridized carbons (Fsp3) is 0.487. The lowest BCUT2D eigenvalue weighted by Gasteiger charge is -2.29. The second-order valence-corrected chi connectivity index (χ2v) is 12.4. The molecule has 4 rings (SSSR count). The Hall–Kier alpha value is -3.08. The van der Waals surface area contributed by atoms with Gasteiger partial charge in [-0.2, -0.15) is 4.39 Å². The van der Waals surface area contributed by atoms with Crippen LogP contribution in [0.3, 0.4) is 0 Å². The van der Waals surface area contributed by atoms with Crippen LogP contribution in [0.1, 0.15) is 122 Å². The summed E-state index contributed by atoms with van der Waals surface area (Å²) >= 11 is 0. The highest BCUT2D eigenvalue weighted by Gasteiger charge is 2.26. The van der Waals surface area contributed by atoms with Gasteiger partial charge in [0.2, 0.25) is 5.82 Å². The topological polar surface area (TPSA) is 9.23 Å². The Balaban J connectivity index is 1.33. The maximum Gasteiger partial charge on any atom is 0.201 e. The van der Waals surface area contributed by atoms with Crippen molar-refractivity contribution >= 4 is 0 Å². The fourth-order valence-electron chi connectivity index (χ4n) is 6.46. The minimum absolute atomic E-state index is 0.0442. The third-order valence-electron chi connectivity index (χ3n) is 9.17. The molecule has 0 atom stereocenters. The lowest BCUT2D eigenvalue weighted by molar-refractivity contribution is 0.297. The van der Waals surface area contributed by atoms with Crippen LogP contribution in [0.15, 0.2) is 60.9 Å². The smallest absolute Gasteiger partial charge is 0.201 e. The van der Waals surface area contributed by atoms with Crippen molar-refractivity contribution < 1.29 is 22.3 Å². The average molecular weight is 609 g/mol. The van der Waals surface area contributed by atoms with Gasteiger partial charge < -0.3 is 4.74 Å². The number of allylic oxidation sites excluding steroid dienone is 1. The van der Waals surface area contributed by atoms with Crippen molar-refractivity contribution in [1.29, 1.82) is 0 Å². The molecule has 0 saturated heterocycles. The summed E-state index contributed by atoms with van der Waals surface area (Å²) in [5.74, 6) is -3.16. The van der Waals surface area contributed by atoms with Crippen molar-refractivity contribution in [2.24, 2.45) is 5.92 Å². The van der Waals surface area contributed by atoms with E-state index in [0.717, 1.165) is 38.5 Å². The second-order valence-electron chi connectivity index (χ2n) is 12.4. The first-order valence-electron chi connectivity index (χ1n) is 16.8. The van der Waals surface area contributed by atoms with Gasteiger partial charge in [0.1, 0.15) is 0 Å². The van der Waals surface area contributed by atoms with E-state index in [1.165, 1.54) is 76.2 Å². The number of unbranched alkanes of at least 4 members (excludes halogenated alkanes) is 8. The Morgan fingerprint density at radius 2 is 1.18 bits per heavy atom. The van der Waals surface area contributed by atoms with Gasteiger partial charge in [-0.3, -0.25) is 0 Å². The van der Waals surface area contributed by atoms with Gasteiger partial charge in [-0.05, 0) is 78.8 Å². The molecule has 0 spiro atoms. The maximum atomic E-state index is 15.4. The Bertz CT molecular complexity index is 1340. The van der Waals surface area contributed by atoms with Crippen LogP contribution in [0.5, 0.6) is 5.75 Å². The lowest BCUT2D eigenvalue weighted by atomic mass is 9.76. The van der Waals surface area contributed by atoms with Crippen LogP contribution < -0.4 is 4.74 Å².